The van der Waals surface area contributed by atoms with E-state index in [1.807, 2.05) is 30.3 Å². The summed E-state index contributed by atoms with van der Waals surface area (Å²) >= 11 is 0. The zero-order valence-corrected chi connectivity index (χ0v) is 15.9. The number of hydrogen-bond acceptors (Lipinski definition) is 2. The quantitative estimate of drug-likeness (QED) is 0.613. The van der Waals surface area contributed by atoms with Crippen LogP contribution in [0.5, 0.6) is 0 Å². The van der Waals surface area contributed by atoms with Crippen molar-refractivity contribution in [1.82, 2.24) is 10.6 Å². The van der Waals surface area contributed by atoms with E-state index in [4.69, 9.17) is 0 Å². The van der Waals surface area contributed by atoms with Crippen LogP contribution >= 0.6 is 0 Å². The first kappa shape index (κ1) is 19.0. The highest BCUT2D eigenvalue weighted by Crippen LogP contribution is 2.28. The Balaban J connectivity index is 1.70. The molecule has 4 nitrogen and oxygen atoms in total. The summed E-state index contributed by atoms with van der Waals surface area (Å²) in [4.78, 5) is 4.31. The van der Waals surface area contributed by atoms with Crippen molar-refractivity contribution in [3.63, 3.8) is 0 Å². The summed E-state index contributed by atoms with van der Waals surface area (Å²) in [6.07, 6.45) is 3.72. The molecule has 1 aliphatic rings. The largest absolute Gasteiger partial charge is 0.355 e. The van der Waals surface area contributed by atoms with Crippen LogP contribution in [0.15, 0.2) is 35.3 Å². The van der Waals surface area contributed by atoms with Crippen molar-refractivity contribution >= 4 is 16.8 Å². The third-order valence-electron chi connectivity index (χ3n) is 4.54. The summed E-state index contributed by atoms with van der Waals surface area (Å²) in [6, 6.07) is 10.5. The maximum atomic E-state index is 12.2. The van der Waals surface area contributed by atoms with Crippen molar-refractivity contribution in [2.24, 2.45) is 16.8 Å². The maximum absolute atomic E-state index is 12.2. The summed E-state index contributed by atoms with van der Waals surface area (Å²) in [6.45, 7) is 5.33. The van der Waals surface area contributed by atoms with Gasteiger partial charge in [-0.1, -0.05) is 44.2 Å². The van der Waals surface area contributed by atoms with Crippen LogP contribution in [0.1, 0.15) is 38.7 Å². The molecule has 0 amide bonds. The van der Waals surface area contributed by atoms with E-state index in [0.717, 1.165) is 23.4 Å². The summed E-state index contributed by atoms with van der Waals surface area (Å²) < 4.78 is 12.2. The number of aliphatic imine (C=N–C) groups is 1. The summed E-state index contributed by atoms with van der Waals surface area (Å²) in [5.41, 5.74) is 1.13. The Morgan fingerprint density at radius 1 is 1.17 bits per heavy atom. The number of nitrogens with one attached hydrogen (secondary N) is 2. The van der Waals surface area contributed by atoms with E-state index in [0.29, 0.717) is 24.1 Å². The fraction of sp³-hybridized carbons (Fsp3) is 0.632. The minimum Gasteiger partial charge on any atom is -0.355 e. The average Bonchev–Trinajstić information content (AvgIpc) is 2.54. The van der Waals surface area contributed by atoms with E-state index in [1.165, 1.54) is 19.3 Å². The van der Waals surface area contributed by atoms with Crippen molar-refractivity contribution in [2.75, 3.05) is 19.3 Å². The van der Waals surface area contributed by atoms with Crippen molar-refractivity contribution < 1.29 is 4.21 Å². The monoisotopic (exact) mass is 349 g/mol. The molecule has 2 N–H and O–H groups in total. The summed E-state index contributed by atoms with van der Waals surface area (Å²) in [7, 11) is 0.945. The van der Waals surface area contributed by atoms with Crippen molar-refractivity contribution in [1.29, 1.82) is 0 Å². The van der Waals surface area contributed by atoms with Crippen molar-refractivity contribution in [2.45, 2.75) is 44.9 Å². The first-order valence-corrected chi connectivity index (χ1v) is 10.4. The van der Waals surface area contributed by atoms with Gasteiger partial charge in [0.15, 0.2) is 5.96 Å². The van der Waals surface area contributed by atoms with Gasteiger partial charge in [-0.25, -0.2) is 0 Å². The van der Waals surface area contributed by atoms with Gasteiger partial charge in [-0.05, 0) is 36.7 Å². The highest BCUT2D eigenvalue weighted by atomic mass is 32.2. The molecule has 1 aromatic carbocycles. The zero-order chi connectivity index (χ0) is 17.4. The topological polar surface area (TPSA) is 53.5 Å². The molecule has 1 aliphatic carbocycles. The molecule has 3 atom stereocenters. The number of benzene rings is 1. The van der Waals surface area contributed by atoms with E-state index >= 15 is 0 Å². The molecule has 1 fully saturated rings. The molecule has 1 saturated carbocycles. The zero-order valence-electron chi connectivity index (χ0n) is 15.1. The average molecular weight is 350 g/mol. The maximum Gasteiger partial charge on any atom is 0.191 e. The molecule has 0 bridgehead atoms. The van der Waals surface area contributed by atoms with Crippen LogP contribution in [0.3, 0.4) is 0 Å². The molecule has 0 spiro atoms. The van der Waals surface area contributed by atoms with Gasteiger partial charge in [0.2, 0.25) is 0 Å². The van der Waals surface area contributed by atoms with Crippen molar-refractivity contribution in [3.8, 4) is 0 Å². The van der Waals surface area contributed by atoms with Crippen LogP contribution in [-0.4, -0.2) is 35.6 Å². The van der Waals surface area contributed by atoms with Crippen molar-refractivity contribution in [3.05, 3.63) is 35.9 Å². The van der Waals surface area contributed by atoms with Crippen LogP contribution in [0.4, 0.5) is 0 Å². The van der Waals surface area contributed by atoms with Gasteiger partial charge in [0, 0.05) is 41.9 Å². The molecular weight excluding hydrogens is 318 g/mol. The lowest BCUT2D eigenvalue weighted by Crippen LogP contribution is -2.47. The fourth-order valence-electron chi connectivity index (χ4n) is 3.57. The molecule has 5 heteroatoms. The van der Waals surface area contributed by atoms with Gasteiger partial charge >= 0.3 is 0 Å². The number of guanidine groups is 1. The van der Waals surface area contributed by atoms with Gasteiger partial charge in [0.1, 0.15) is 0 Å². The van der Waals surface area contributed by atoms with E-state index < -0.39 is 10.8 Å². The van der Waals surface area contributed by atoms with Gasteiger partial charge in [0.05, 0.1) is 0 Å². The lowest BCUT2D eigenvalue weighted by Gasteiger charge is -2.32. The molecule has 0 radical (unpaired) electrons. The highest BCUT2D eigenvalue weighted by Gasteiger charge is 2.24. The van der Waals surface area contributed by atoms with Crippen LogP contribution in [0.25, 0.3) is 0 Å². The first-order chi connectivity index (χ1) is 11.6. The molecule has 2 rings (SSSR count). The number of rotatable bonds is 6. The predicted molar refractivity (Wildman–Crippen MR) is 104 cm³/mol. The molecule has 24 heavy (non-hydrogen) atoms. The van der Waals surface area contributed by atoms with Crippen LogP contribution in [0.2, 0.25) is 0 Å². The van der Waals surface area contributed by atoms with Gasteiger partial charge in [0.25, 0.3) is 0 Å². The predicted octanol–water partition coefficient (Wildman–Crippen LogP) is 2.93. The summed E-state index contributed by atoms with van der Waals surface area (Å²) in [5.74, 6) is 3.61. The molecule has 0 aliphatic heterocycles. The van der Waals surface area contributed by atoms with E-state index in [1.54, 1.807) is 7.05 Å². The molecule has 0 heterocycles. The Morgan fingerprint density at radius 2 is 1.83 bits per heavy atom. The summed E-state index contributed by atoms with van der Waals surface area (Å²) in [5, 5.41) is 6.84. The lowest BCUT2D eigenvalue weighted by molar-refractivity contribution is 0.255. The lowest BCUT2D eigenvalue weighted by atomic mass is 9.80. The second-order valence-corrected chi connectivity index (χ2v) is 8.61. The Kier molecular flexibility index (Phi) is 7.76. The van der Waals surface area contributed by atoms with Crippen LogP contribution in [-0.2, 0) is 16.6 Å². The highest BCUT2D eigenvalue weighted by molar-refractivity contribution is 7.84. The van der Waals surface area contributed by atoms with Crippen LogP contribution < -0.4 is 10.6 Å². The van der Waals surface area contributed by atoms with Gasteiger partial charge in [-0.3, -0.25) is 9.20 Å². The fourth-order valence-corrected chi connectivity index (χ4v) is 4.61. The second kappa shape index (κ2) is 9.82. The molecule has 0 aromatic heterocycles. The van der Waals surface area contributed by atoms with E-state index in [9.17, 15) is 4.21 Å². The molecule has 134 valence electrons. The smallest absolute Gasteiger partial charge is 0.191 e. The third kappa shape index (κ3) is 6.63. The van der Waals surface area contributed by atoms with E-state index in [2.05, 4.69) is 29.5 Å². The Morgan fingerprint density at radius 3 is 2.46 bits per heavy atom. The SMILES string of the molecule is CN=C(NCCS(=O)Cc1ccccc1)NC1CC(C)CC(C)C1. The minimum absolute atomic E-state index is 0.491. The van der Waals surface area contributed by atoms with Gasteiger partial charge in [-0.15, -0.1) is 0 Å². The first-order valence-electron chi connectivity index (χ1n) is 8.93. The third-order valence-corrected chi connectivity index (χ3v) is 5.85. The normalized spacial score (nSPS) is 26.0. The van der Waals surface area contributed by atoms with E-state index in [-0.39, 0.29) is 0 Å². The minimum atomic E-state index is -0.853. The number of hydrogen-bond donors (Lipinski definition) is 2. The number of nitrogens with zero attached hydrogens (tertiary/aromatic N) is 1. The van der Waals surface area contributed by atoms with Gasteiger partial charge < -0.3 is 10.6 Å². The van der Waals surface area contributed by atoms with Gasteiger partial charge in [-0.2, -0.15) is 0 Å². The Labute approximate surface area is 149 Å². The molecule has 3 unspecified atom stereocenters. The standard InChI is InChI=1S/C19H31N3OS/c1-15-11-16(2)13-18(12-15)22-19(20-3)21-9-10-24(23)14-17-7-5-4-6-8-17/h4-8,15-16,18H,9-14H2,1-3H3,(H2,20,21,22). The Hall–Kier alpha value is -1.36. The molecule has 1 aromatic rings. The molecule has 0 saturated heterocycles. The van der Waals surface area contributed by atoms with Crippen LogP contribution in [0, 0.1) is 11.8 Å². The Bertz CT molecular complexity index is 537. The molecular formula is C19H31N3OS. The second-order valence-electron chi connectivity index (χ2n) is 7.03.